The minimum Gasteiger partial charge on any atom is -0.345 e. The summed E-state index contributed by atoms with van der Waals surface area (Å²) in [6, 6.07) is 9.06. The van der Waals surface area contributed by atoms with Crippen LogP contribution in [0, 0.1) is 11.3 Å². The highest BCUT2D eigenvalue weighted by Gasteiger charge is 2.23. The minimum atomic E-state index is -0.651. The van der Waals surface area contributed by atoms with E-state index in [1.54, 1.807) is 24.3 Å². The topological polar surface area (TPSA) is 85.2 Å². The number of anilines is 1. The zero-order valence-corrected chi connectivity index (χ0v) is 14.8. The Balaban J connectivity index is 1.75. The summed E-state index contributed by atoms with van der Waals surface area (Å²) in [4.78, 5) is 26.5. The largest absolute Gasteiger partial charge is 0.345 e. The number of amides is 2. The fraction of sp³-hybridized carbons (Fsp3) is 0.526. The molecule has 0 saturated carbocycles. The van der Waals surface area contributed by atoms with Crippen LogP contribution in [-0.2, 0) is 16.0 Å². The lowest BCUT2D eigenvalue weighted by molar-refractivity contribution is -0.136. The van der Waals surface area contributed by atoms with Crippen molar-refractivity contribution in [3.63, 3.8) is 0 Å². The number of piperidine rings is 1. The molecule has 25 heavy (non-hydrogen) atoms. The Morgan fingerprint density at radius 3 is 2.48 bits per heavy atom. The van der Waals surface area contributed by atoms with Gasteiger partial charge in [-0.1, -0.05) is 25.5 Å². The molecule has 1 saturated heterocycles. The van der Waals surface area contributed by atoms with Gasteiger partial charge in [0.2, 0.25) is 0 Å². The third-order valence-electron chi connectivity index (χ3n) is 4.45. The second kappa shape index (κ2) is 9.80. The van der Waals surface area contributed by atoms with E-state index in [0.29, 0.717) is 12.1 Å². The first-order chi connectivity index (χ1) is 12.1. The van der Waals surface area contributed by atoms with Crippen molar-refractivity contribution in [2.75, 3.05) is 25.0 Å². The molecule has 1 heterocycles. The molecule has 2 rings (SSSR count). The lowest BCUT2D eigenvalue weighted by Gasteiger charge is -2.32. The van der Waals surface area contributed by atoms with E-state index in [0.717, 1.165) is 38.0 Å². The van der Waals surface area contributed by atoms with Gasteiger partial charge in [0, 0.05) is 24.8 Å². The first-order valence-corrected chi connectivity index (χ1v) is 8.92. The standard InChI is InChI=1S/C19H26N4O2/c1-2-3-12-23-13-9-17(10-14-23)22-19(25)18(24)21-16-6-4-15(5-7-16)8-11-20/h4-7,17H,2-3,8-10,12-14H2,1H3,(H,21,24)(H,22,25). The molecule has 1 aliphatic rings. The number of nitrogens with one attached hydrogen (secondary N) is 2. The third kappa shape index (κ3) is 6.20. The number of nitriles is 1. The van der Waals surface area contributed by atoms with Gasteiger partial charge in [0.1, 0.15) is 0 Å². The number of likely N-dealkylation sites (tertiary alicyclic amines) is 1. The molecule has 0 unspecified atom stereocenters. The molecule has 0 bridgehead atoms. The van der Waals surface area contributed by atoms with Crippen LogP contribution in [0.5, 0.6) is 0 Å². The molecule has 2 N–H and O–H groups in total. The van der Waals surface area contributed by atoms with Crippen molar-refractivity contribution >= 4 is 17.5 Å². The van der Waals surface area contributed by atoms with Crippen LogP contribution in [0.3, 0.4) is 0 Å². The van der Waals surface area contributed by atoms with Crippen LogP contribution >= 0.6 is 0 Å². The van der Waals surface area contributed by atoms with Gasteiger partial charge in [-0.2, -0.15) is 5.26 Å². The fourth-order valence-corrected chi connectivity index (χ4v) is 2.92. The van der Waals surface area contributed by atoms with Crippen molar-refractivity contribution in [3.8, 4) is 6.07 Å². The number of hydrogen-bond donors (Lipinski definition) is 2. The lowest BCUT2D eigenvalue weighted by atomic mass is 10.0. The number of carbonyl (C=O) groups excluding carboxylic acids is 2. The summed E-state index contributed by atoms with van der Waals surface area (Å²) in [7, 11) is 0. The van der Waals surface area contributed by atoms with Crippen LogP contribution in [0.1, 0.15) is 38.2 Å². The van der Waals surface area contributed by atoms with E-state index >= 15 is 0 Å². The van der Waals surface area contributed by atoms with E-state index in [1.165, 1.54) is 12.8 Å². The zero-order chi connectivity index (χ0) is 18.1. The molecule has 0 aliphatic carbocycles. The Hall–Kier alpha value is -2.39. The first-order valence-electron chi connectivity index (χ1n) is 8.92. The normalized spacial score (nSPS) is 15.4. The number of hydrogen-bond acceptors (Lipinski definition) is 4. The Bertz CT molecular complexity index is 613. The number of nitrogens with zero attached hydrogens (tertiary/aromatic N) is 2. The highest BCUT2D eigenvalue weighted by molar-refractivity contribution is 6.39. The number of benzene rings is 1. The van der Waals surface area contributed by atoms with Crippen LogP contribution in [0.25, 0.3) is 0 Å². The van der Waals surface area contributed by atoms with Crippen LogP contribution in [-0.4, -0.2) is 42.4 Å². The van der Waals surface area contributed by atoms with E-state index in [-0.39, 0.29) is 6.04 Å². The van der Waals surface area contributed by atoms with Gasteiger partial charge in [0.05, 0.1) is 12.5 Å². The molecule has 0 atom stereocenters. The van der Waals surface area contributed by atoms with E-state index in [4.69, 9.17) is 5.26 Å². The number of rotatable bonds is 6. The van der Waals surface area contributed by atoms with Gasteiger partial charge in [0.25, 0.3) is 0 Å². The summed E-state index contributed by atoms with van der Waals surface area (Å²) in [6.45, 7) is 5.22. The lowest BCUT2D eigenvalue weighted by Crippen LogP contribution is -2.47. The fourth-order valence-electron chi connectivity index (χ4n) is 2.92. The Labute approximate surface area is 149 Å². The van der Waals surface area contributed by atoms with E-state index in [2.05, 4.69) is 28.5 Å². The molecule has 2 amide bonds. The van der Waals surface area contributed by atoms with Crippen LogP contribution in [0.4, 0.5) is 5.69 Å². The molecule has 1 aliphatic heterocycles. The summed E-state index contributed by atoms with van der Waals surface area (Å²) in [5.74, 6) is -1.24. The van der Waals surface area contributed by atoms with Crippen molar-refractivity contribution in [2.45, 2.75) is 45.1 Å². The second-order valence-corrected chi connectivity index (χ2v) is 6.43. The van der Waals surface area contributed by atoms with E-state index in [1.807, 2.05) is 0 Å². The molecule has 0 radical (unpaired) electrons. The van der Waals surface area contributed by atoms with Crippen molar-refractivity contribution in [3.05, 3.63) is 29.8 Å². The second-order valence-electron chi connectivity index (χ2n) is 6.43. The van der Waals surface area contributed by atoms with Crippen LogP contribution in [0.15, 0.2) is 24.3 Å². The smallest absolute Gasteiger partial charge is 0.313 e. The van der Waals surface area contributed by atoms with Crippen molar-refractivity contribution in [1.29, 1.82) is 5.26 Å². The maximum atomic E-state index is 12.1. The summed E-state index contributed by atoms with van der Waals surface area (Å²) in [5, 5.41) is 14.1. The SMILES string of the molecule is CCCCN1CCC(NC(=O)C(=O)Nc2ccc(CC#N)cc2)CC1. The summed E-state index contributed by atoms with van der Waals surface area (Å²) < 4.78 is 0. The van der Waals surface area contributed by atoms with E-state index < -0.39 is 11.8 Å². The molecular formula is C19H26N4O2. The zero-order valence-electron chi connectivity index (χ0n) is 14.8. The average molecular weight is 342 g/mol. The molecule has 0 spiro atoms. The Morgan fingerprint density at radius 1 is 1.20 bits per heavy atom. The van der Waals surface area contributed by atoms with Crippen molar-refractivity contribution in [2.24, 2.45) is 0 Å². The number of unbranched alkanes of at least 4 members (excludes halogenated alkanes) is 1. The highest BCUT2D eigenvalue weighted by Crippen LogP contribution is 2.12. The summed E-state index contributed by atoms with van der Waals surface area (Å²) in [6.07, 6.45) is 4.48. The average Bonchev–Trinajstić information content (AvgIpc) is 2.63. The predicted octanol–water partition coefficient (Wildman–Crippen LogP) is 2.07. The molecular weight excluding hydrogens is 316 g/mol. The van der Waals surface area contributed by atoms with E-state index in [9.17, 15) is 9.59 Å². The molecule has 1 aromatic rings. The molecule has 6 heteroatoms. The minimum absolute atomic E-state index is 0.0640. The third-order valence-corrected chi connectivity index (χ3v) is 4.45. The molecule has 6 nitrogen and oxygen atoms in total. The molecule has 134 valence electrons. The summed E-state index contributed by atoms with van der Waals surface area (Å²) in [5.41, 5.74) is 1.43. The quantitative estimate of drug-likeness (QED) is 0.775. The van der Waals surface area contributed by atoms with Gasteiger partial charge in [-0.15, -0.1) is 0 Å². The van der Waals surface area contributed by atoms with Gasteiger partial charge in [-0.3, -0.25) is 9.59 Å². The van der Waals surface area contributed by atoms with Gasteiger partial charge < -0.3 is 15.5 Å². The highest BCUT2D eigenvalue weighted by atomic mass is 16.2. The van der Waals surface area contributed by atoms with Gasteiger partial charge in [-0.05, 0) is 43.5 Å². The van der Waals surface area contributed by atoms with Gasteiger partial charge in [0.15, 0.2) is 0 Å². The van der Waals surface area contributed by atoms with Gasteiger partial charge >= 0.3 is 11.8 Å². The maximum absolute atomic E-state index is 12.1. The van der Waals surface area contributed by atoms with Crippen molar-refractivity contribution < 1.29 is 9.59 Å². The predicted molar refractivity (Wildman–Crippen MR) is 96.9 cm³/mol. The summed E-state index contributed by atoms with van der Waals surface area (Å²) >= 11 is 0. The monoisotopic (exact) mass is 342 g/mol. The van der Waals surface area contributed by atoms with Crippen molar-refractivity contribution in [1.82, 2.24) is 10.2 Å². The Kier molecular flexibility index (Phi) is 7.42. The maximum Gasteiger partial charge on any atom is 0.313 e. The van der Waals surface area contributed by atoms with Crippen LogP contribution < -0.4 is 10.6 Å². The van der Waals surface area contributed by atoms with Gasteiger partial charge in [-0.25, -0.2) is 0 Å². The van der Waals surface area contributed by atoms with Crippen LogP contribution in [0.2, 0.25) is 0 Å². The number of carbonyl (C=O) groups is 2. The molecule has 1 aromatic carbocycles. The first kappa shape index (κ1) is 18.9. The Morgan fingerprint density at radius 2 is 1.88 bits per heavy atom. The molecule has 1 fully saturated rings. The molecule has 0 aromatic heterocycles.